The van der Waals surface area contributed by atoms with Crippen LogP contribution in [0.15, 0.2) is 40.8 Å². The molecule has 10 heteroatoms. The maximum absolute atomic E-state index is 14.0. The van der Waals surface area contributed by atoms with Gasteiger partial charge in [0.25, 0.3) is 0 Å². The molecule has 1 aromatic carbocycles. The molecule has 2 saturated heterocycles. The minimum absolute atomic E-state index is 0.103. The smallest absolute Gasteiger partial charge is 0.249 e. The van der Waals surface area contributed by atoms with E-state index < -0.39 is 11.9 Å². The SMILES string of the molecule is CC(C)=N/N=C(\C)c1cc(N2CCC(C(=O)N3OCCC3c3cc(F)cc(C#N)c3)CC2)ncn1. The molecule has 35 heavy (non-hydrogen) atoms. The molecule has 0 radical (unpaired) electrons. The van der Waals surface area contributed by atoms with Gasteiger partial charge in [-0.1, -0.05) is 0 Å². The van der Waals surface area contributed by atoms with Gasteiger partial charge in [0.15, 0.2) is 0 Å². The summed E-state index contributed by atoms with van der Waals surface area (Å²) in [5.41, 5.74) is 3.08. The van der Waals surface area contributed by atoms with Gasteiger partial charge in [0.05, 0.1) is 35.7 Å². The largest absolute Gasteiger partial charge is 0.356 e. The summed E-state index contributed by atoms with van der Waals surface area (Å²) < 4.78 is 14.0. The van der Waals surface area contributed by atoms with E-state index in [0.717, 1.165) is 11.5 Å². The van der Waals surface area contributed by atoms with Crippen LogP contribution < -0.4 is 4.90 Å². The van der Waals surface area contributed by atoms with Gasteiger partial charge in [-0.25, -0.2) is 19.4 Å². The fourth-order valence-electron chi connectivity index (χ4n) is 4.34. The fraction of sp³-hybridized carbons (Fsp3) is 0.440. The maximum atomic E-state index is 14.0. The number of nitriles is 1. The van der Waals surface area contributed by atoms with Gasteiger partial charge in [-0.05, 0) is 57.4 Å². The van der Waals surface area contributed by atoms with Gasteiger partial charge in [-0.15, -0.1) is 0 Å². The Labute approximate surface area is 203 Å². The highest BCUT2D eigenvalue weighted by molar-refractivity contribution is 5.97. The Balaban J connectivity index is 1.42. The number of benzene rings is 1. The van der Waals surface area contributed by atoms with Gasteiger partial charge in [0, 0.05) is 37.2 Å². The number of carbonyl (C=O) groups excluding carboxylic acids is 1. The molecular formula is C25H28FN7O2. The molecule has 1 amide bonds. The van der Waals surface area contributed by atoms with E-state index in [4.69, 9.17) is 10.1 Å². The first-order valence-electron chi connectivity index (χ1n) is 11.6. The summed E-state index contributed by atoms with van der Waals surface area (Å²) in [4.78, 5) is 29.8. The minimum atomic E-state index is -0.493. The molecule has 4 rings (SSSR count). The molecule has 1 atom stereocenters. The highest BCUT2D eigenvalue weighted by Crippen LogP contribution is 2.34. The summed E-state index contributed by atoms with van der Waals surface area (Å²) in [6, 6.07) is 7.63. The third-order valence-corrected chi connectivity index (χ3v) is 6.15. The number of anilines is 1. The topological polar surface area (TPSA) is 107 Å². The predicted molar refractivity (Wildman–Crippen MR) is 129 cm³/mol. The molecule has 2 aliphatic heterocycles. The molecule has 2 fully saturated rings. The van der Waals surface area contributed by atoms with Crippen molar-refractivity contribution >= 4 is 23.1 Å². The molecule has 182 valence electrons. The molecule has 0 N–H and O–H groups in total. The number of aromatic nitrogens is 2. The van der Waals surface area contributed by atoms with Crippen LogP contribution in [0.5, 0.6) is 0 Å². The lowest BCUT2D eigenvalue weighted by molar-refractivity contribution is -0.182. The predicted octanol–water partition coefficient (Wildman–Crippen LogP) is 3.81. The average Bonchev–Trinajstić information content (AvgIpc) is 3.36. The summed E-state index contributed by atoms with van der Waals surface area (Å²) in [5, 5.41) is 18.8. The molecular weight excluding hydrogens is 449 g/mol. The highest BCUT2D eigenvalue weighted by Gasteiger charge is 2.37. The van der Waals surface area contributed by atoms with E-state index in [-0.39, 0.29) is 17.4 Å². The van der Waals surface area contributed by atoms with Crippen LogP contribution in [0.3, 0.4) is 0 Å². The minimum Gasteiger partial charge on any atom is -0.356 e. The molecule has 3 heterocycles. The lowest BCUT2D eigenvalue weighted by Gasteiger charge is -2.34. The van der Waals surface area contributed by atoms with Crippen LogP contribution >= 0.6 is 0 Å². The Bertz CT molecular complexity index is 1190. The van der Waals surface area contributed by atoms with Crippen LogP contribution in [0.25, 0.3) is 0 Å². The van der Waals surface area contributed by atoms with Crippen LogP contribution in [0.4, 0.5) is 10.2 Å². The van der Waals surface area contributed by atoms with Crippen molar-refractivity contribution in [3.8, 4) is 6.07 Å². The number of nitrogens with zero attached hydrogens (tertiary/aromatic N) is 7. The lowest BCUT2D eigenvalue weighted by atomic mass is 9.94. The second-order valence-electron chi connectivity index (χ2n) is 8.94. The van der Waals surface area contributed by atoms with E-state index in [0.29, 0.717) is 55.9 Å². The van der Waals surface area contributed by atoms with E-state index in [9.17, 15) is 9.18 Å². The van der Waals surface area contributed by atoms with E-state index >= 15 is 0 Å². The van der Waals surface area contributed by atoms with Crippen LogP contribution in [0.1, 0.15) is 62.9 Å². The van der Waals surface area contributed by atoms with Crippen molar-refractivity contribution in [1.29, 1.82) is 5.26 Å². The standard InChI is InChI=1S/C25H28FN7O2/c1-16(2)30-31-17(3)22-13-24(29-15-28-22)32-7-4-19(5-8-32)25(34)33-23(6-9-35-33)20-10-18(14-27)11-21(26)12-20/h10-13,15,19,23H,4-9H2,1-3H3/b31-17+. The number of rotatable bonds is 5. The van der Waals surface area contributed by atoms with Crippen LogP contribution in [0.2, 0.25) is 0 Å². The van der Waals surface area contributed by atoms with Crippen molar-refractivity contribution in [2.24, 2.45) is 16.1 Å². The number of amides is 1. The third kappa shape index (κ3) is 5.69. The Morgan fingerprint density at radius 1 is 1.11 bits per heavy atom. The summed E-state index contributed by atoms with van der Waals surface area (Å²) in [7, 11) is 0. The Kier molecular flexibility index (Phi) is 7.46. The van der Waals surface area contributed by atoms with Crippen molar-refractivity contribution in [1.82, 2.24) is 15.0 Å². The van der Waals surface area contributed by atoms with Gasteiger partial charge in [-0.3, -0.25) is 9.63 Å². The maximum Gasteiger partial charge on any atom is 0.249 e. The number of hydrogen-bond donors (Lipinski definition) is 0. The van der Waals surface area contributed by atoms with Crippen molar-refractivity contribution in [2.75, 3.05) is 24.6 Å². The second-order valence-corrected chi connectivity index (χ2v) is 8.94. The van der Waals surface area contributed by atoms with Crippen molar-refractivity contribution in [2.45, 2.75) is 46.1 Å². The first-order valence-corrected chi connectivity index (χ1v) is 11.6. The van der Waals surface area contributed by atoms with Crippen molar-refractivity contribution < 1.29 is 14.0 Å². The van der Waals surface area contributed by atoms with E-state index in [1.807, 2.05) is 32.9 Å². The molecule has 0 aliphatic carbocycles. The van der Waals surface area contributed by atoms with E-state index in [2.05, 4.69) is 25.1 Å². The molecule has 1 aromatic heterocycles. The zero-order valence-electron chi connectivity index (χ0n) is 20.1. The van der Waals surface area contributed by atoms with Crippen LogP contribution in [-0.2, 0) is 9.63 Å². The number of carbonyl (C=O) groups is 1. The van der Waals surface area contributed by atoms with Gasteiger partial charge in [0.2, 0.25) is 5.91 Å². The zero-order chi connectivity index (χ0) is 24.9. The number of hydrogen-bond acceptors (Lipinski definition) is 8. The molecule has 0 spiro atoms. The molecule has 1 unspecified atom stereocenters. The summed E-state index contributed by atoms with van der Waals surface area (Å²) in [5.74, 6) is -0.0177. The molecule has 9 nitrogen and oxygen atoms in total. The first kappa shape index (κ1) is 24.4. The number of halogens is 1. The lowest BCUT2D eigenvalue weighted by Crippen LogP contribution is -2.42. The van der Waals surface area contributed by atoms with Gasteiger partial charge < -0.3 is 4.90 Å². The second kappa shape index (κ2) is 10.7. The Morgan fingerprint density at radius 2 is 1.89 bits per heavy atom. The van der Waals surface area contributed by atoms with Gasteiger partial charge >= 0.3 is 0 Å². The average molecular weight is 478 g/mol. The summed E-state index contributed by atoms with van der Waals surface area (Å²) in [6.07, 6.45) is 3.36. The molecule has 2 aliphatic rings. The van der Waals surface area contributed by atoms with Gasteiger partial charge in [-0.2, -0.15) is 15.5 Å². The monoisotopic (exact) mass is 477 g/mol. The highest BCUT2D eigenvalue weighted by atomic mass is 19.1. The first-order chi connectivity index (χ1) is 16.9. The van der Waals surface area contributed by atoms with E-state index in [1.54, 1.807) is 6.07 Å². The van der Waals surface area contributed by atoms with Crippen LogP contribution in [-0.4, -0.2) is 52.1 Å². The fourth-order valence-corrected chi connectivity index (χ4v) is 4.34. The van der Waals surface area contributed by atoms with E-state index in [1.165, 1.54) is 23.5 Å². The molecule has 0 saturated carbocycles. The Morgan fingerprint density at radius 3 is 2.60 bits per heavy atom. The van der Waals surface area contributed by atoms with Crippen molar-refractivity contribution in [3.05, 3.63) is 53.2 Å². The normalized spacial score (nSPS) is 18.9. The van der Waals surface area contributed by atoms with Gasteiger partial charge in [0.1, 0.15) is 18.0 Å². The molecule has 2 aromatic rings. The zero-order valence-corrected chi connectivity index (χ0v) is 20.1. The third-order valence-electron chi connectivity index (χ3n) is 6.15. The Hall–Kier alpha value is -3.71. The quantitative estimate of drug-likeness (QED) is 0.479. The van der Waals surface area contributed by atoms with Crippen molar-refractivity contribution in [3.63, 3.8) is 0 Å². The number of hydroxylamine groups is 2. The van der Waals surface area contributed by atoms with Crippen LogP contribution in [0, 0.1) is 23.1 Å². The molecule has 0 bridgehead atoms. The summed E-state index contributed by atoms with van der Waals surface area (Å²) in [6.45, 7) is 7.31. The summed E-state index contributed by atoms with van der Waals surface area (Å²) >= 11 is 0. The number of piperidine rings is 1.